The molecule has 0 radical (unpaired) electrons. The fraction of sp³-hybridized carbons (Fsp3) is 0.400. The first kappa shape index (κ1) is 14.4. The zero-order valence-corrected chi connectivity index (χ0v) is 9.08. The van der Waals surface area contributed by atoms with E-state index in [4.69, 9.17) is 0 Å². The van der Waals surface area contributed by atoms with Crippen LogP contribution in [-0.4, -0.2) is 23.8 Å². The number of non-ortho nitro benzene ring substituents is 1. The van der Waals surface area contributed by atoms with Gasteiger partial charge in [-0.3, -0.25) is 10.1 Å². The highest BCUT2D eigenvalue weighted by Crippen LogP contribution is 2.21. The van der Waals surface area contributed by atoms with E-state index in [-0.39, 0.29) is 12.2 Å². The van der Waals surface area contributed by atoms with E-state index < -0.39 is 23.8 Å². The standard InChI is InChI=1S/C10H10F4N2O2/c11-9(12)10(13,14)6-15-5-7-2-1-3-8(4-7)16(17)18/h1-4,9,15H,5-6H2. The maximum absolute atomic E-state index is 12.5. The number of benzene rings is 1. The number of alkyl halides is 4. The van der Waals surface area contributed by atoms with Crippen molar-refractivity contribution in [3.05, 3.63) is 39.9 Å². The summed E-state index contributed by atoms with van der Waals surface area (Å²) in [5.74, 6) is -4.11. The van der Waals surface area contributed by atoms with Gasteiger partial charge in [-0.2, -0.15) is 8.78 Å². The molecule has 0 bridgehead atoms. The van der Waals surface area contributed by atoms with Gasteiger partial charge in [-0.25, -0.2) is 8.78 Å². The monoisotopic (exact) mass is 266 g/mol. The van der Waals surface area contributed by atoms with Crippen molar-refractivity contribution in [3.63, 3.8) is 0 Å². The summed E-state index contributed by atoms with van der Waals surface area (Å²) in [6.07, 6.45) is -3.74. The first-order valence-electron chi connectivity index (χ1n) is 4.93. The zero-order valence-electron chi connectivity index (χ0n) is 9.08. The fourth-order valence-electron chi connectivity index (χ4n) is 1.23. The molecular formula is C10H10F4N2O2. The van der Waals surface area contributed by atoms with Crippen molar-refractivity contribution in [3.8, 4) is 0 Å². The lowest BCUT2D eigenvalue weighted by Gasteiger charge is -2.15. The number of hydrogen-bond donors (Lipinski definition) is 1. The van der Waals surface area contributed by atoms with Gasteiger partial charge in [-0.15, -0.1) is 0 Å². The summed E-state index contributed by atoms with van der Waals surface area (Å²) in [5.41, 5.74) is 0.184. The number of halogens is 4. The van der Waals surface area contributed by atoms with Crippen LogP contribution in [-0.2, 0) is 6.54 Å². The average Bonchev–Trinajstić information content (AvgIpc) is 2.29. The molecule has 1 aromatic carbocycles. The molecule has 0 aliphatic heterocycles. The number of nitrogens with one attached hydrogen (secondary N) is 1. The highest BCUT2D eigenvalue weighted by Gasteiger charge is 2.39. The highest BCUT2D eigenvalue weighted by atomic mass is 19.3. The molecule has 0 aliphatic rings. The van der Waals surface area contributed by atoms with Crippen LogP contribution >= 0.6 is 0 Å². The van der Waals surface area contributed by atoms with Gasteiger partial charge in [0.2, 0.25) is 0 Å². The minimum atomic E-state index is -4.11. The molecule has 0 heterocycles. The van der Waals surface area contributed by atoms with Crippen LogP contribution in [0, 0.1) is 10.1 Å². The lowest BCUT2D eigenvalue weighted by atomic mass is 10.2. The van der Waals surface area contributed by atoms with Crippen LogP contribution in [0.4, 0.5) is 23.2 Å². The minimum Gasteiger partial charge on any atom is -0.307 e. The molecule has 0 fully saturated rings. The van der Waals surface area contributed by atoms with Gasteiger partial charge in [-0.05, 0) is 5.56 Å². The Hall–Kier alpha value is -1.70. The molecule has 18 heavy (non-hydrogen) atoms. The predicted molar refractivity (Wildman–Crippen MR) is 55.8 cm³/mol. The Kier molecular flexibility index (Phi) is 4.60. The SMILES string of the molecule is O=[N+]([O-])c1cccc(CNCC(F)(F)C(F)F)c1. The molecule has 0 unspecified atom stereocenters. The second-order valence-electron chi connectivity index (χ2n) is 3.59. The second kappa shape index (κ2) is 5.76. The van der Waals surface area contributed by atoms with E-state index in [1.54, 1.807) is 0 Å². The molecule has 1 N–H and O–H groups in total. The Morgan fingerprint density at radius 1 is 1.39 bits per heavy atom. The van der Waals surface area contributed by atoms with E-state index in [2.05, 4.69) is 5.32 Å². The third-order valence-corrected chi connectivity index (χ3v) is 2.13. The van der Waals surface area contributed by atoms with Crippen molar-refractivity contribution in [1.29, 1.82) is 0 Å². The van der Waals surface area contributed by atoms with Crippen LogP contribution in [0.2, 0.25) is 0 Å². The smallest absolute Gasteiger partial charge is 0.307 e. The summed E-state index contributed by atoms with van der Waals surface area (Å²) < 4.78 is 48.7. The molecule has 1 rings (SSSR count). The predicted octanol–water partition coefficient (Wildman–Crippen LogP) is 2.58. The molecule has 0 saturated heterocycles. The van der Waals surface area contributed by atoms with Crippen LogP contribution < -0.4 is 5.32 Å². The summed E-state index contributed by atoms with van der Waals surface area (Å²) in [6.45, 7) is -1.34. The number of hydrogen-bond acceptors (Lipinski definition) is 3. The van der Waals surface area contributed by atoms with Crippen LogP contribution in [0.5, 0.6) is 0 Å². The summed E-state index contributed by atoms with van der Waals surface area (Å²) in [6, 6.07) is 5.30. The Bertz CT molecular complexity index is 426. The van der Waals surface area contributed by atoms with E-state index in [0.717, 1.165) is 0 Å². The summed E-state index contributed by atoms with van der Waals surface area (Å²) in [4.78, 5) is 9.81. The highest BCUT2D eigenvalue weighted by molar-refractivity contribution is 5.34. The van der Waals surface area contributed by atoms with Gasteiger partial charge in [0.1, 0.15) is 0 Å². The van der Waals surface area contributed by atoms with Gasteiger partial charge in [0.15, 0.2) is 0 Å². The molecule has 0 saturated carbocycles. The molecule has 0 aromatic heterocycles. The van der Waals surface area contributed by atoms with Crippen molar-refractivity contribution < 1.29 is 22.5 Å². The topological polar surface area (TPSA) is 55.2 Å². The minimum absolute atomic E-state index is 0.149. The molecule has 4 nitrogen and oxygen atoms in total. The normalized spacial score (nSPS) is 11.8. The zero-order chi connectivity index (χ0) is 13.8. The Labute approximate surface area is 99.8 Å². The largest absolute Gasteiger partial charge is 0.319 e. The van der Waals surface area contributed by atoms with E-state index in [0.29, 0.717) is 5.56 Å². The molecular weight excluding hydrogens is 256 g/mol. The number of nitro groups is 1. The molecule has 0 amide bonds. The van der Waals surface area contributed by atoms with Crippen LogP contribution in [0.25, 0.3) is 0 Å². The van der Waals surface area contributed by atoms with Crippen LogP contribution in [0.15, 0.2) is 24.3 Å². The summed E-state index contributed by atoms with van der Waals surface area (Å²) in [5, 5.41) is 12.6. The Balaban J connectivity index is 2.54. The lowest BCUT2D eigenvalue weighted by Crippen LogP contribution is -2.38. The van der Waals surface area contributed by atoms with Crippen molar-refractivity contribution in [2.24, 2.45) is 0 Å². The van der Waals surface area contributed by atoms with E-state index in [1.165, 1.54) is 24.3 Å². The van der Waals surface area contributed by atoms with Gasteiger partial charge < -0.3 is 5.32 Å². The van der Waals surface area contributed by atoms with Crippen molar-refractivity contribution in [2.75, 3.05) is 6.54 Å². The van der Waals surface area contributed by atoms with Gasteiger partial charge >= 0.3 is 12.3 Å². The number of rotatable bonds is 6. The fourth-order valence-corrected chi connectivity index (χ4v) is 1.23. The summed E-state index contributed by atoms with van der Waals surface area (Å²) in [7, 11) is 0. The van der Waals surface area contributed by atoms with Crippen LogP contribution in [0.1, 0.15) is 5.56 Å². The molecule has 8 heteroatoms. The molecule has 1 aromatic rings. The third-order valence-electron chi connectivity index (χ3n) is 2.13. The molecule has 0 aliphatic carbocycles. The first-order valence-corrected chi connectivity index (χ1v) is 4.93. The number of nitro benzene ring substituents is 1. The van der Waals surface area contributed by atoms with E-state index in [1.807, 2.05) is 0 Å². The van der Waals surface area contributed by atoms with Gasteiger partial charge in [0.05, 0.1) is 11.5 Å². The number of nitrogens with zero attached hydrogens (tertiary/aromatic N) is 1. The van der Waals surface area contributed by atoms with Gasteiger partial charge in [-0.1, -0.05) is 12.1 Å². The van der Waals surface area contributed by atoms with E-state index in [9.17, 15) is 27.7 Å². The molecule has 0 atom stereocenters. The lowest BCUT2D eigenvalue weighted by molar-refractivity contribution is -0.384. The molecule has 0 spiro atoms. The molecule has 100 valence electrons. The van der Waals surface area contributed by atoms with Crippen molar-refractivity contribution in [1.82, 2.24) is 5.32 Å². The Morgan fingerprint density at radius 2 is 2.06 bits per heavy atom. The first-order chi connectivity index (χ1) is 8.33. The maximum atomic E-state index is 12.5. The Morgan fingerprint density at radius 3 is 2.61 bits per heavy atom. The van der Waals surface area contributed by atoms with Crippen molar-refractivity contribution in [2.45, 2.75) is 18.9 Å². The quantitative estimate of drug-likeness (QED) is 0.489. The summed E-state index contributed by atoms with van der Waals surface area (Å²) >= 11 is 0. The average molecular weight is 266 g/mol. The third kappa shape index (κ3) is 3.95. The maximum Gasteiger partial charge on any atom is 0.319 e. The van der Waals surface area contributed by atoms with Crippen molar-refractivity contribution >= 4 is 5.69 Å². The van der Waals surface area contributed by atoms with Gasteiger partial charge in [0.25, 0.3) is 5.69 Å². The van der Waals surface area contributed by atoms with E-state index >= 15 is 0 Å². The van der Waals surface area contributed by atoms with Gasteiger partial charge in [0, 0.05) is 18.7 Å². The van der Waals surface area contributed by atoms with Crippen LogP contribution in [0.3, 0.4) is 0 Å². The second-order valence-corrected chi connectivity index (χ2v) is 3.59.